The number of rotatable bonds is 8. The summed E-state index contributed by atoms with van der Waals surface area (Å²) < 4.78 is 10.3. The monoisotopic (exact) mass is 370 g/mol. The molecule has 0 saturated heterocycles. The highest BCUT2D eigenvalue weighted by Gasteiger charge is 2.08. The zero-order valence-corrected chi connectivity index (χ0v) is 15.3. The zero-order valence-electron chi connectivity index (χ0n) is 15.3. The Morgan fingerprint density at radius 3 is 2.33 bits per heavy atom. The minimum atomic E-state index is -0.455. The Kier molecular flexibility index (Phi) is 7.37. The maximum absolute atomic E-state index is 12.1. The molecule has 0 aliphatic rings. The molecule has 2 N–H and O–H groups in total. The second kappa shape index (κ2) is 9.96. The average molecular weight is 370 g/mol. The van der Waals surface area contributed by atoms with Gasteiger partial charge in [-0.3, -0.25) is 14.4 Å². The van der Waals surface area contributed by atoms with Crippen LogP contribution in [0, 0.1) is 6.92 Å². The van der Waals surface area contributed by atoms with E-state index in [4.69, 9.17) is 9.47 Å². The van der Waals surface area contributed by atoms with Crippen LogP contribution in [0.25, 0.3) is 0 Å². The molecule has 0 radical (unpaired) electrons. The molecule has 0 aliphatic carbocycles. The Hall–Kier alpha value is -3.35. The van der Waals surface area contributed by atoms with Crippen LogP contribution >= 0.6 is 0 Å². The lowest BCUT2D eigenvalue weighted by Gasteiger charge is -2.09. The van der Waals surface area contributed by atoms with Crippen molar-refractivity contribution < 1.29 is 23.9 Å². The third kappa shape index (κ3) is 7.19. The number of nitrogens with one attached hydrogen (secondary N) is 2. The molecule has 0 unspecified atom stereocenters. The van der Waals surface area contributed by atoms with E-state index in [1.165, 1.54) is 13.0 Å². The van der Waals surface area contributed by atoms with Gasteiger partial charge in [0.1, 0.15) is 11.5 Å². The van der Waals surface area contributed by atoms with Gasteiger partial charge in [0.25, 0.3) is 11.8 Å². The SMILES string of the molecule is CC(=O)Oc1cccc(C(=O)NCCNC(=O)COc2ccc(C)cc2)c1. The third-order valence-corrected chi connectivity index (χ3v) is 3.48. The number of hydrogen-bond donors (Lipinski definition) is 2. The first kappa shape index (κ1) is 20.0. The summed E-state index contributed by atoms with van der Waals surface area (Å²) in [7, 11) is 0. The largest absolute Gasteiger partial charge is 0.484 e. The van der Waals surface area contributed by atoms with E-state index >= 15 is 0 Å². The van der Waals surface area contributed by atoms with Gasteiger partial charge in [0.2, 0.25) is 0 Å². The van der Waals surface area contributed by atoms with Crippen LogP contribution in [0.2, 0.25) is 0 Å². The summed E-state index contributed by atoms with van der Waals surface area (Å²) in [5.74, 6) is -0.132. The third-order valence-electron chi connectivity index (χ3n) is 3.48. The normalized spacial score (nSPS) is 10.0. The Labute approximate surface area is 157 Å². The first-order valence-electron chi connectivity index (χ1n) is 8.47. The molecule has 0 fully saturated rings. The van der Waals surface area contributed by atoms with Crippen LogP contribution in [0.3, 0.4) is 0 Å². The first-order valence-corrected chi connectivity index (χ1v) is 8.47. The average Bonchev–Trinajstić information content (AvgIpc) is 2.64. The summed E-state index contributed by atoms with van der Waals surface area (Å²) in [4.78, 5) is 34.8. The van der Waals surface area contributed by atoms with Crippen molar-refractivity contribution in [2.45, 2.75) is 13.8 Å². The van der Waals surface area contributed by atoms with Gasteiger partial charge in [-0.05, 0) is 37.3 Å². The number of benzene rings is 2. The molecule has 2 rings (SSSR count). The number of aryl methyl sites for hydroxylation is 1. The number of hydrogen-bond acceptors (Lipinski definition) is 5. The lowest BCUT2D eigenvalue weighted by molar-refractivity contribution is -0.131. The van der Waals surface area contributed by atoms with Gasteiger partial charge in [-0.15, -0.1) is 0 Å². The fourth-order valence-corrected chi connectivity index (χ4v) is 2.18. The minimum absolute atomic E-state index is 0.0958. The molecular weight excluding hydrogens is 348 g/mol. The van der Waals surface area contributed by atoms with E-state index in [0.29, 0.717) is 17.1 Å². The quantitative estimate of drug-likeness (QED) is 0.420. The number of carbonyl (C=O) groups excluding carboxylic acids is 3. The highest BCUT2D eigenvalue weighted by molar-refractivity contribution is 5.94. The summed E-state index contributed by atoms with van der Waals surface area (Å²) in [6.07, 6.45) is 0. The van der Waals surface area contributed by atoms with Crippen molar-refractivity contribution >= 4 is 17.8 Å². The number of carbonyl (C=O) groups is 3. The van der Waals surface area contributed by atoms with Gasteiger partial charge in [-0.1, -0.05) is 23.8 Å². The molecule has 7 heteroatoms. The molecule has 2 aromatic rings. The van der Waals surface area contributed by atoms with Gasteiger partial charge in [0.15, 0.2) is 6.61 Å². The molecule has 0 heterocycles. The van der Waals surface area contributed by atoms with Crippen LogP contribution < -0.4 is 20.1 Å². The van der Waals surface area contributed by atoms with Crippen LogP contribution in [0.15, 0.2) is 48.5 Å². The van der Waals surface area contributed by atoms with Crippen molar-refractivity contribution in [3.8, 4) is 11.5 Å². The fraction of sp³-hybridized carbons (Fsp3) is 0.250. The molecule has 2 aromatic carbocycles. The molecule has 0 saturated carbocycles. The van der Waals surface area contributed by atoms with Gasteiger partial charge in [0, 0.05) is 25.6 Å². The Bertz CT molecular complexity index is 802. The Morgan fingerprint density at radius 2 is 1.63 bits per heavy atom. The van der Waals surface area contributed by atoms with E-state index in [9.17, 15) is 14.4 Å². The van der Waals surface area contributed by atoms with Crippen molar-refractivity contribution in [1.82, 2.24) is 10.6 Å². The summed E-state index contributed by atoms with van der Waals surface area (Å²) >= 11 is 0. The topological polar surface area (TPSA) is 93.7 Å². The predicted octanol–water partition coefficient (Wildman–Crippen LogP) is 1.85. The van der Waals surface area contributed by atoms with Crippen LogP contribution in [-0.4, -0.2) is 37.5 Å². The first-order chi connectivity index (χ1) is 12.9. The predicted molar refractivity (Wildman–Crippen MR) is 99.8 cm³/mol. The van der Waals surface area contributed by atoms with E-state index in [1.807, 2.05) is 19.1 Å². The highest BCUT2D eigenvalue weighted by Crippen LogP contribution is 2.13. The highest BCUT2D eigenvalue weighted by atomic mass is 16.5. The maximum atomic E-state index is 12.1. The number of esters is 1. The van der Waals surface area contributed by atoms with Crippen molar-refractivity contribution in [1.29, 1.82) is 0 Å². The molecule has 0 aromatic heterocycles. The smallest absolute Gasteiger partial charge is 0.308 e. The zero-order chi connectivity index (χ0) is 19.6. The summed E-state index contributed by atoms with van der Waals surface area (Å²) in [5, 5.41) is 5.34. The number of amides is 2. The molecular formula is C20H22N2O5. The second-order valence-electron chi connectivity index (χ2n) is 5.83. The van der Waals surface area contributed by atoms with Gasteiger partial charge >= 0.3 is 5.97 Å². The Balaban J connectivity index is 1.68. The van der Waals surface area contributed by atoms with Crippen molar-refractivity contribution in [2.75, 3.05) is 19.7 Å². The summed E-state index contributed by atoms with van der Waals surface area (Å²) in [5.41, 5.74) is 1.48. The van der Waals surface area contributed by atoms with Crippen LogP contribution in [0.1, 0.15) is 22.8 Å². The van der Waals surface area contributed by atoms with Gasteiger partial charge < -0.3 is 20.1 Å². The van der Waals surface area contributed by atoms with E-state index in [1.54, 1.807) is 30.3 Å². The molecule has 7 nitrogen and oxygen atoms in total. The van der Waals surface area contributed by atoms with E-state index < -0.39 is 5.97 Å². The number of ether oxygens (including phenoxy) is 2. The van der Waals surface area contributed by atoms with Crippen LogP contribution in [0.5, 0.6) is 11.5 Å². The van der Waals surface area contributed by atoms with Crippen molar-refractivity contribution in [3.05, 3.63) is 59.7 Å². The van der Waals surface area contributed by atoms with Crippen LogP contribution in [-0.2, 0) is 9.59 Å². The fourth-order valence-electron chi connectivity index (χ4n) is 2.18. The van der Waals surface area contributed by atoms with Gasteiger partial charge in [-0.25, -0.2) is 0 Å². The molecule has 2 amide bonds. The van der Waals surface area contributed by atoms with E-state index in [2.05, 4.69) is 10.6 Å². The lowest BCUT2D eigenvalue weighted by atomic mass is 10.2. The van der Waals surface area contributed by atoms with Gasteiger partial charge in [-0.2, -0.15) is 0 Å². The Morgan fingerprint density at radius 1 is 0.926 bits per heavy atom. The molecule has 0 spiro atoms. The minimum Gasteiger partial charge on any atom is -0.484 e. The van der Waals surface area contributed by atoms with Crippen molar-refractivity contribution in [3.63, 3.8) is 0 Å². The molecule has 0 bridgehead atoms. The van der Waals surface area contributed by atoms with E-state index in [-0.39, 0.29) is 31.5 Å². The maximum Gasteiger partial charge on any atom is 0.308 e. The summed E-state index contributed by atoms with van der Waals surface area (Å²) in [6.45, 7) is 3.69. The molecule has 0 atom stereocenters. The van der Waals surface area contributed by atoms with Crippen molar-refractivity contribution in [2.24, 2.45) is 0 Å². The molecule has 142 valence electrons. The second-order valence-corrected chi connectivity index (χ2v) is 5.83. The van der Waals surface area contributed by atoms with Gasteiger partial charge in [0.05, 0.1) is 0 Å². The molecule has 0 aliphatic heterocycles. The van der Waals surface area contributed by atoms with E-state index in [0.717, 1.165) is 5.56 Å². The summed E-state index contributed by atoms with van der Waals surface area (Å²) in [6, 6.07) is 13.7. The van der Waals surface area contributed by atoms with Crippen LogP contribution in [0.4, 0.5) is 0 Å². The standard InChI is InChI=1S/C20H22N2O5/c1-14-6-8-17(9-7-14)26-13-19(24)21-10-11-22-20(25)16-4-3-5-18(12-16)27-15(2)23/h3-9,12H,10-11,13H2,1-2H3,(H,21,24)(H,22,25). The molecule has 27 heavy (non-hydrogen) atoms. The lowest BCUT2D eigenvalue weighted by Crippen LogP contribution is -2.36.